The topological polar surface area (TPSA) is 131 Å². The van der Waals surface area contributed by atoms with Crippen LogP contribution in [0.2, 0.25) is 0 Å². The molecule has 0 saturated heterocycles. The van der Waals surface area contributed by atoms with Crippen molar-refractivity contribution in [1.29, 1.82) is 0 Å². The molecule has 0 aromatic carbocycles. The van der Waals surface area contributed by atoms with E-state index in [9.17, 15) is 5.11 Å². The summed E-state index contributed by atoms with van der Waals surface area (Å²) in [6.45, 7) is 1.74. The molecule has 0 N–H and O–H groups in total. The predicted molar refractivity (Wildman–Crippen MR) is 63.1 cm³/mol. The van der Waals surface area contributed by atoms with Crippen LogP contribution < -0.4 is 5.11 Å². The standard InChI is InChI=1S/C12H11N3O2.2O.V/c1-9(10-5-2-3-7-13-10)14-15-12(16)11-6-4-8-17-11;;;/h2-8H,1H3,(H,15,16);;;/q;2*-2;/p-1/b14-9+;;;. The van der Waals surface area contributed by atoms with Crippen LogP contribution >= 0.6 is 0 Å². The Morgan fingerprint density at radius 1 is 1.15 bits per heavy atom. The zero-order chi connectivity index (χ0) is 12.1. The third-order valence-corrected chi connectivity index (χ3v) is 2.06. The van der Waals surface area contributed by atoms with Gasteiger partial charge in [0.25, 0.3) is 0 Å². The number of furan rings is 1. The molecule has 0 saturated carbocycles. The summed E-state index contributed by atoms with van der Waals surface area (Å²) in [5, 5.41) is 18.8. The van der Waals surface area contributed by atoms with Crippen molar-refractivity contribution in [3.05, 3.63) is 54.2 Å². The average molecular weight is 311 g/mol. The molecule has 2 aromatic rings. The quantitative estimate of drug-likeness (QED) is 0.475. The van der Waals surface area contributed by atoms with Crippen molar-refractivity contribution in [3.8, 4) is 0 Å². The Kier molecular flexibility index (Phi) is 10.1. The molecule has 2 heterocycles. The van der Waals surface area contributed by atoms with Crippen molar-refractivity contribution in [2.24, 2.45) is 10.2 Å². The van der Waals surface area contributed by atoms with E-state index in [-0.39, 0.29) is 35.3 Å². The third kappa shape index (κ3) is 5.37. The maximum absolute atomic E-state index is 11.5. The smallest absolute Gasteiger partial charge is 0.139 e. The van der Waals surface area contributed by atoms with Gasteiger partial charge in [0, 0.05) is 24.8 Å². The SMILES string of the molecule is C/C(=N\N=C(/[O-])c1ccco1)c1ccccn1.[O-2].[O-2].[V]. The molecule has 0 amide bonds. The normalized spacial score (nSPS) is 10.8. The summed E-state index contributed by atoms with van der Waals surface area (Å²) in [6, 6.07) is 8.61. The van der Waals surface area contributed by atoms with Crippen LogP contribution in [0.15, 0.2) is 57.4 Å². The monoisotopic (exact) mass is 311 g/mol. The maximum Gasteiger partial charge on any atom is 0.139 e. The van der Waals surface area contributed by atoms with Gasteiger partial charge in [-0.15, -0.1) is 0 Å². The molecule has 0 unspecified atom stereocenters. The first-order valence-corrected chi connectivity index (χ1v) is 5.02. The van der Waals surface area contributed by atoms with Gasteiger partial charge in [-0.1, -0.05) is 6.07 Å². The largest absolute Gasteiger partial charge is 2.00 e. The Morgan fingerprint density at radius 2 is 1.90 bits per heavy atom. The van der Waals surface area contributed by atoms with Gasteiger partial charge < -0.3 is 20.5 Å². The Labute approximate surface area is 127 Å². The van der Waals surface area contributed by atoms with Gasteiger partial charge in [0.1, 0.15) is 5.76 Å². The molecule has 2 rings (SSSR count). The van der Waals surface area contributed by atoms with Crippen molar-refractivity contribution in [1.82, 2.24) is 4.98 Å². The van der Waals surface area contributed by atoms with Gasteiger partial charge in [-0.25, -0.2) is 0 Å². The fourth-order valence-corrected chi connectivity index (χ4v) is 1.20. The molecular weight excluding hydrogens is 301 g/mol. The van der Waals surface area contributed by atoms with E-state index in [1.807, 2.05) is 12.1 Å². The fourth-order valence-electron chi connectivity index (χ4n) is 1.20. The molecule has 0 spiro atoms. The molecule has 0 aliphatic heterocycles. The van der Waals surface area contributed by atoms with Gasteiger partial charge in [0.2, 0.25) is 0 Å². The molecule has 7 nitrogen and oxygen atoms in total. The molecule has 0 atom stereocenters. The maximum atomic E-state index is 11.5. The van der Waals surface area contributed by atoms with E-state index in [1.165, 1.54) is 12.3 Å². The predicted octanol–water partition coefficient (Wildman–Crippen LogP) is 0.966. The van der Waals surface area contributed by atoms with Crippen LogP contribution in [-0.2, 0) is 29.5 Å². The summed E-state index contributed by atoms with van der Waals surface area (Å²) >= 11 is 0. The van der Waals surface area contributed by atoms with Crippen LogP contribution in [0.3, 0.4) is 0 Å². The molecule has 8 heteroatoms. The van der Waals surface area contributed by atoms with Crippen LogP contribution in [0.4, 0.5) is 0 Å². The van der Waals surface area contributed by atoms with Crippen LogP contribution in [-0.4, -0.2) is 16.6 Å². The van der Waals surface area contributed by atoms with Crippen LogP contribution in [0.1, 0.15) is 18.4 Å². The second-order valence-electron chi connectivity index (χ2n) is 3.28. The first-order valence-electron chi connectivity index (χ1n) is 5.02. The summed E-state index contributed by atoms with van der Waals surface area (Å²) in [6.07, 6.45) is 3.07. The van der Waals surface area contributed by atoms with Gasteiger partial charge in [0.15, 0.2) is 0 Å². The summed E-state index contributed by atoms with van der Waals surface area (Å²) in [7, 11) is 0. The number of pyridine rings is 1. The van der Waals surface area contributed by atoms with Crippen molar-refractivity contribution in [2.45, 2.75) is 6.92 Å². The van der Waals surface area contributed by atoms with Crippen molar-refractivity contribution < 1.29 is 39.0 Å². The summed E-state index contributed by atoms with van der Waals surface area (Å²) < 4.78 is 4.91. The minimum Gasteiger partial charge on any atom is -2.00 e. The van der Waals surface area contributed by atoms with Gasteiger partial charge >= 0.3 is 0 Å². The molecule has 107 valence electrons. The number of rotatable bonds is 3. The van der Waals surface area contributed by atoms with Crippen molar-refractivity contribution in [2.75, 3.05) is 0 Å². The van der Waals surface area contributed by atoms with E-state index in [2.05, 4.69) is 15.2 Å². The number of aromatic nitrogens is 1. The van der Waals surface area contributed by atoms with E-state index >= 15 is 0 Å². The first kappa shape index (κ1) is 20.4. The van der Waals surface area contributed by atoms with Gasteiger partial charge in [-0.05, 0) is 31.2 Å². The van der Waals surface area contributed by atoms with Crippen LogP contribution in [0, 0.1) is 0 Å². The summed E-state index contributed by atoms with van der Waals surface area (Å²) in [5.41, 5.74) is 1.26. The van der Waals surface area contributed by atoms with Gasteiger partial charge in [-0.2, -0.15) is 10.2 Å². The number of nitrogens with zero attached hydrogens (tertiary/aromatic N) is 3. The number of hydrogen-bond acceptors (Lipinski definition) is 5. The molecule has 0 fully saturated rings. The first-order chi connectivity index (χ1) is 8.27. The summed E-state index contributed by atoms with van der Waals surface area (Å²) in [5.74, 6) is -0.340. The van der Waals surface area contributed by atoms with E-state index in [0.29, 0.717) is 11.4 Å². The van der Waals surface area contributed by atoms with Crippen LogP contribution in [0.25, 0.3) is 0 Å². The second kappa shape index (κ2) is 9.93. The van der Waals surface area contributed by atoms with Crippen molar-refractivity contribution in [3.63, 3.8) is 0 Å². The fraction of sp³-hybridized carbons (Fsp3) is 0.0833. The minimum absolute atomic E-state index is 0. The molecule has 2 aromatic heterocycles. The van der Waals surface area contributed by atoms with Gasteiger partial charge in [0.05, 0.1) is 23.6 Å². The van der Waals surface area contributed by atoms with E-state index in [0.717, 1.165) is 0 Å². The Balaban J connectivity index is 0. The Bertz CT molecular complexity index is 541. The molecule has 0 aliphatic carbocycles. The second-order valence-corrected chi connectivity index (χ2v) is 3.28. The number of hydrogen-bond donors (Lipinski definition) is 0. The zero-order valence-electron chi connectivity index (χ0n) is 10.5. The summed E-state index contributed by atoms with van der Waals surface area (Å²) in [4.78, 5) is 4.09. The van der Waals surface area contributed by atoms with E-state index in [4.69, 9.17) is 4.42 Å². The van der Waals surface area contributed by atoms with E-state index < -0.39 is 5.90 Å². The molecule has 0 aliphatic rings. The Morgan fingerprint density at radius 3 is 2.45 bits per heavy atom. The Hall–Kier alpha value is -1.93. The molecular formula is C12H10N3O4V-5. The zero-order valence-corrected chi connectivity index (χ0v) is 11.9. The van der Waals surface area contributed by atoms with Crippen molar-refractivity contribution >= 4 is 11.6 Å². The molecule has 1 radical (unpaired) electrons. The molecule has 20 heavy (non-hydrogen) atoms. The molecule has 0 bridgehead atoms. The minimum atomic E-state index is -0.509. The van der Waals surface area contributed by atoms with Crippen LogP contribution in [0.5, 0.6) is 0 Å². The average Bonchev–Trinajstić information content (AvgIpc) is 2.90. The van der Waals surface area contributed by atoms with E-state index in [1.54, 1.807) is 25.3 Å². The third-order valence-electron chi connectivity index (χ3n) is 2.06. The van der Waals surface area contributed by atoms with Gasteiger partial charge in [-0.3, -0.25) is 4.98 Å².